The first-order valence-corrected chi connectivity index (χ1v) is 9.42. The van der Waals surface area contributed by atoms with E-state index < -0.39 is 0 Å². The number of hydrogen-bond donors (Lipinski definition) is 1. The summed E-state index contributed by atoms with van der Waals surface area (Å²) in [7, 11) is 1.65. The van der Waals surface area contributed by atoms with Crippen LogP contribution in [0.25, 0.3) is 0 Å². The molecule has 0 aromatic heterocycles. The monoisotopic (exact) mass is 352 g/mol. The molecule has 0 unspecified atom stereocenters. The molecule has 2 aromatic rings. The first-order valence-electron chi connectivity index (χ1n) is 9.42. The number of carbonyl (C=O) groups is 1. The fourth-order valence-corrected chi connectivity index (χ4v) is 3.65. The first-order chi connectivity index (χ1) is 12.8. The number of likely N-dealkylation sites (tertiary alicyclic amines) is 1. The highest BCUT2D eigenvalue weighted by atomic mass is 16.5. The first kappa shape index (κ1) is 18.5. The Bertz CT molecular complexity index is 702. The summed E-state index contributed by atoms with van der Waals surface area (Å²) in [6.07, 6.45) is 2.97. The minimum absolute atomic E-state index is 0.0951. The Hall–Kier alpha value is -2.33. The van der Waals surface area contributed by atoms with Crippen molar-refractivity contribution in [2.75, 3.05) is 26.7 Å². The molecule has 1 N–H and O–H groups in total. The van der Waals surface area contributed by atoms with Crippen LogP contribution in [0.3, 0.4) is 0 Å². The number of hydrogen-bond acceptors (Lipinski definition) is 3. The van der Waals surface area contributed by atoms with Crippen molar-refractivity contribution in [3.8, 4) is 5.75 Å². The van der Waals surface area contributed by atoms with E-state index in [1.54, 1.807) is 7.11 Å². The van der Waals surface area contributed by atoms with E-state index in [-0.39, 0.29) is 5.91 Å². The quantitative estimate of drug-likeness (QED) is 0.828. The minimum Gasteiger partial charge on any atom is -0.496 e. The maximum Gasteiger partial charge on any atom is 0.221 e. The molecule has 1 amide bonds. The van der Waals surface area contributed by atoms with Gasteiger partial charge in [0, 0.05) is 31.6 Å². The normalized spacial score (nSPS) is 17.7. The molecule has 26 heavy (non-hydrogen) atoms. The van der Waals surface area contributed by atoms with Crippen LogP contribution in [0.15, 0.2) is 54.6 Å². The Morgan fingerprint density at radius 1 is 1.15 bits per heavy atom. The highest BCUT2D eigenvalue weighted by Gasteiger charge is 2.21. The number of carbonyl (C=O) groups excluding carboxylic acids is 1. The number of nitrogens with one attached hydrogen (secondary N) is 1. The average Bonchev–Trinajstić information content (AvgIpc) is 2.71. The van der Waals surface area contributed by atoms with E-state index in [0.717, 1.165) is 30.9 Å². The molecular weight excluding hydrogens is 324 g/mol. The lowest BCUT2D eigenvalue weighted by molar-refractivity contribution is -0.121. The third-order valence-electron chi connectivity index (χ3n) is 5.10. The lowest BCUT2D eigenvalue weighted by atomic mass is 9.90. The number of ether oxygens (including phenoxy) is 1. The van der Waals surface area contributed by atoms with Gasteiger partial charge in [0.2, 0.25) is 5.91 Å². The van der Waals surface area contributed by atoms with Crippen LogP contribution in [0.5, 0.6) is 5.75 Å². The van der Waals surface area contributed by atoms with Gasteiger partial charge in [-0.05, 0) is 36.9 Å². The van der Waals surface area contributed by atoms with E-state index in [0.29, 0.717) is 18.9 Å². The number of amides is 1. The second-order valence-corrected chi connectivity index (χ2v) is 6.89. The lowest BCUT2D eigenvalue weighted by Crippen LogP contribution is -2.37. The Balaban J connectivity index is 1.44. The summed E-state index contributed by atoms with van der Waals surface area (Å²) in [5, 5.41) is 3.01. The van der Waals surface area contributed by atoms with Crippen LogP contribution >= 0.6 is 0 Å². The molecule has 1 atom stereocenters. The summed E-state index contributed by atoms with van der Waals surface area (Å²) in [4.78, 5) is 14.7. The largest absolute Gasteiger partial charge is 0.496 e. The Morgan fingerprint density at radius 3 is 2.73 bits per heavy atom. The van der Waals surface area contributed by atoms with Crippen molar-refractivity contribution in [1.82, 2.24) is 10.2 Å². The van der Waals surface area contributed by atoms with Gasteiger partial charge in [0.1, 0.15) is 5.75 Å². The van der Waals surface area contributed by atoms with Crippen LogP contribution < -0.4 is 10.1 Å². The van der Waals surface area contributed by atoms with Crippen LogP contribution in [0.4, 0.5) is 0 Å². The predicted molar refractivity (Wildman–Crippen MR) is 104 cm³/mol. The molecule has 1 aliphatic heterocycles. The second-order valence-electron chi connectivity index (χ2n) is 6.89. The van der Waals surface area contributed by atoms with Gasteiger partial charge in [-0.3, -0.25) is 4.79 Å². The zero-order chi connectivity index (χ0) is 18.2. The fraction of sp³-hybridized carbons (Fsp3) is 0.409. The smallest absolute Gasteiger partial charge is 0.221 e. The predicted octanol–water partition coefficient (Wildman–Crippen LogP) is 3.58. The highest BCUT2D eigenvalue weighted by molar-refractivity contribution is 5.76. The van der Waals surface area contributed by atoms with Gasteiger partial charge in [-0.2, -0.15) is 0 Å². The molecule has 1 aliphatic rings. The molecule has 2 aromatic carbocycles. The van der Waals surface area contributed by atoms with Gasteiger partial charge in [-0.1, -0.05) is 48.5 Å². The number of methoxy groups -OCH3 is 1. The van der Waals surface area contributed by atoms with Gasteiger partial charge >= 0.3 is 0 Å². The van der Waals surface area contributed by atoms with Crippen molar-refractivity contribution in [3.05, 3.63) is 65.7 Å². The van der Waals surface area contributed by atoms with Gasteiger partial charge in [-0.15, -0.1) is 0 Å². The standard InChI is InChI=1S/C22H28N2O2/c1-26-21-12-6-5-10-19(21)16-23-22(25)13-15-24-14-7-11-20(17-24)18-8-3-2-4-9-18/h2-6,8-10,12,20H,7,11,13-17H2,1H3,(H,23,25)/t20-/m0/s1. The molecular formula is C22H28N2O2. The van der Waals surface area contributed by atoms with Crippen molar-refractivity contribution in [2.24, 2.45) is 0 Å². The van der Waals surface area contributed by atoms with Crippen molar-refractivity contribution in [2.45, 2.75) is 31.7 Å². The number of rotatable bonds is 7. The van der Waals surface area contributed by atoms with Gasteiger partial charge < -0.3 is 15.0 Å². The maximum atomic E-state index is 12.2. The molecule has 4 nitrogen and oxygen atoms in total. The molecule has 4 heteroatoms. The Morgan fingerprint density at radius 2 is 1.92 bits per heavy atom. The van der Waals surface area contributed by atoms with Crippen LogP contribution in [-0.4, -0.2) is 37.6 Å². The van der Waals surface area contributed by atoms with Crippen molar-refractivity contribution in [1.29, 1.82) is 0 Å². The highest BCUT2D eigenvalue weighted by Crippen LogP contribution is 2.26. The number of para-hydroxylation sites is 1. The number of benzene rings is 2. The second kappa shape index (κ2) is 9.39. The van der Waals surface area contributed by atoms with E-state index in [9.17, 15) is 4.79 Å². The molecule has 0 radical (unpaired) electrons. The van der Waals surface area contributed by atoms with Gasteiger partial charge in [0.25, 0.3) is 0 Å². The zero-order valence-electron chi connectivity index (χ0n) is 15.5. The molecule has 0 bridgehead atoms. The molecule has 0 aliphatic carbocycles. The van der Waals surface area contributed by atoms with Crippen LogP contribution in [-0.2, 0) is 11.3 Å². The number of nitrogens with zero attached hydrogens (tertiary/aromatic N) is 1. The molecule has 1 fully saturated rings. The summed E-state index contributed by atoms with van der Waals surface area (Å²) < 4.78 is 5.33. The summed E-state index contributed by atoms with van der Waals surface area (Å²) in [5.41, 5.74) is 2.42. The molecule has 1 saturated heterocycles. The fourth-order valence-electron chi connectivity index (χ4n) is 3.65. The van der Waals surface area contributed by atoms with E-state index >= 15 is 0 Å². The van der Waals surface area contributed by atoms with E-state index in [2.05, 4.69) is 40.5 Å². The molecule has 0 saturated carbocycles. The van der Waals surface area contributed by atoms with Crippen molar-refractivity contribution < 1.29 is 9.53 Å². The lowest BCUT2D eigenvalue weighted by Gasteiger charge is -2.32. The van der Waals surface area contributed by atoms with E-state index in [1.807, 2.05) is 24.3 Å². The van der Waals surface area contributed by atoms with E-state index in [1.165, 1.54) is 18.4 Å². The Labute approximate surface area is 156 Å². The summed E-state index contributed by atoms with van der Waals surface area (Å²) in [6.45, 7) is 3.46. The number of piperidine rings is 1. The minimum atomic E-state index is 0.0951. The SMILES string of the molecule is COc1ccccc1CNC(=O)CCN1CCC[C@H](c2ccccc2)C1. The van der Waals surface area contributed by atoms with Crippen LogP contribution in [0.1, 0.15) is 36.3 Å². The van der Waals surface area contributed by atoms with Crippen LogP contribution in [0, 0.1) is 0 Å². The van der Waals surface area contributed by atoms with Crippen molar-refractivity contribution in [3.63, 3.8) is 0 Å². The zero-order valence-corrected chi connectivity index (χ0v) is 15.5. The van der Waals surface area contributed by atoms with Gasteiger partial charge in [0.15, 0.2) is 0 Å². The third-order valence-corrected chi connectivity index (χ3v) is 5.10. The molecule has 3 rings (SSSR count). The maximum absolute atomic E-state index is 12.2. The summed E-state index contributed by atoms with van der Waals surface area (Å²) >= 11 is 0. The summed E-state index contributed by atoms with van der Waals surface area (Å²) in [6, 6.07) is 18.5. The Kier molecular flexibility index (Phi) is 6.67. The molecule has 138 valence electrons. The van der Waals surface area contributed by atoms with Gasteiger partial charge in [0.05, 0.1) is 7.11 Å². The molecule has 0 spiro atoms. The topological polar surface area (TPSA) is 41.6 Å². The summed E-state index contributed by atoms with van der Waals surface area (Å²) in [5.74, 6) is 1.49. The third kappa shape index (κ3) is 5.09. The van der Waals surface area contributed by atoms with Crippen LogP contribution in [0.2, 0.25) is 0 Å². The van der Waals surface area contributed by atoms with Gasteiger partial charge in [-0.25, -0.2) is 0 Å². The molecule has 1 heterocycles. The average molecular weight is 352 g/mol. The van der Waals surface area contributed by atoms with E-state index in [4.69, 9.17) is 4.74 Å². The van der Waals surface area contributed by atoms with Crippen molar-refractivity contribution >= 4 is 5.91 Å².